The lowest BCUT2D eigenvalue weighted by molar-refractivity contribution is -0.385. The van der Waals surface area contributed by atoms with E-state index in [1.54, 1.807) is 0 Å². The van der Waals surface area contributed by atoms with Crippen LogP contribution < -0.4 is 9.47 Å². The van der Waals surface area contributed by atoms with E-state index in [9.17, 15) is 10.1 Å². The lowest BCUT2D eigenvalue weighted by Gasteiger charge is -2.08. The SMILES string of the molecule is COc1cc(/C=N/O)c([N+](=O)[O-])cc1OC. The van der Waals surface area contributed by atoms with E-state index in [0.29, 0.717) is 5.75 Å². The molecule has 0 aliphatic carbocycles. The molecule has 16 heavy (non-hydrogen) atoms. The second-order valence-corrected chi connectivity index (χ2v) is 2.77. The summed E-state index contributed by atoms with van der Waals surface area (Å²) < 4.78 is 9.89. The molecule has 0 radical (unpaired) electrons. The average Bonchev–Trinajstić information content (AvgIpc) is 2.28. The number of nitro groups is 1. The van der Waals surface area contributed by atoms with Crippen LogP contribution in [-0.4, -0.2) is 30.6 Å². The van der Waals surface area contributed by atoms with Gasteiger partial charge in [0.1, 0.15) is 0 Å². The zero-order valence-electron chi connectivity index (χ0n) is 8.71. The van der Waals surface area contributed by atoms with Crippen LogP contribution >= 0.6 is 0 Å². The van der Waals surface area contributed by atoms with Crippen molar-refractivity contribution in [2.75, 3.05) is 14.2 Å². The molecule has 0 bridgehead atoms. The maximum atomic E-state index is 10.7. The Hall–Kier alpha value is -2.31. The molecule has 1 N–H and O–H groups in total. The van der Waals surface area contributed by atoms with Gasteiger partial charge in [-0.15, -0.1) is 0 Å². The van der Waals surface area contributed by atoms with E-state index in [0.717, 1.165) is 6.21 Å². The van der Waals surface area contributed by atoms with Crippen molar-refractivity contribution in [2.45, 2.75) is 0 Å². The summed E-state index contributed by atoms with van der Waals surface area (Å²) in [6, 6.07) is 2.56. The van der Waals surface area contributed by atoms with Gasteiger partial charge in [-0.05, 0) is 6.07 Å². The average molecular weight is 226 g/mol. The third-order valence-electron chi connectivity index (χ3n) is 1.93. The Balaban J connectivity index is 3.41. The molecular weight excluding hydrogens is 216 g/mol. The number of nitrogens with zero attached hydrogens (tertiary/aromatic N) is 2. The summed E-state index contributed by atoms with van der Waals surface area (Å²) in [5.74, 6) is 0.562. The number of nitro benzene ring substituents is 1. The summed E-state index contributed by atoms with van der Waals surface area (Å²) in [4.78, 5) is 10.1. The fourth-order valence-electron chi connectivity index (χ4n) is 1.21. The van der Waals surface area contributed by atoms with Crippen molar-refractivity contribution >= 4 is 11.9 Å². The maximum absolute atomic E-state index is 10.7. The monoisotopic (exact) mass is 226 g/mol. The zero-order chi connectivity index (χ0) is 12.1. The number of hydrogen-bond donors (Lipinski definition) is 1. The summed E-state index contributed by atoms with van der Waals surface area (Å²) in [5.41, 5.74) is -0.0967. The fourth-order valence-corrected chi connectivity index (χ4v) is 1.21. The van der Waals surface area contributed by atoms with Crippen LogP contribution in [0.4, 0.5) is 5.69 Å². The Kier molecular flexibility index (Phi) is 3.65. The smallest absolute Gasteiger partial charge is 0.282 e. The Bertz CT molecular complexity index is 430. The Morgan fingerprint density at radius 3 is 2.38 bits per heavy atom. The number of rotatable bonds is 4. The number of ether oxygens (including phenoxy) is 2. The molecule has 0 saturated carbocycles. The van der Waals surface area contributed by atoms with Gasteiger partial charge >= 0.3 is 0 Å². The van der Waals surface area contributed by atoms with Gasteiger partial charge in [-0.1, -0.05) is 5.16 Å². The van der Waals surface area contributed by atoms with E-state index in [1.807, 2.05) is 0 Å². The predicted molar refractivity (Wildman–Crippen MR) is 55.6 cm³/mol. The van der Waals surface area contributed by atoms with Crippen molar-refractivity contribution < 1.29 is 19.6 Å². The summed E-state index contributed by atoms with van der Waals surface area (Å²) in [7, 11) is 2.78. The predicted octanol–water partition coefficient (Wildman–Crippen LogP) is 1.42. The summed E-state index contributed by atoms with van der Waals surface area (Å²) in [6.45, 7) is 0. The van der Waals surface area contributed by atoms with Gasteiger partial charge in [0, 0.05) is 0 Å². The molecule has 0 aliphatic heterocycles. The normalized spacial score (nSPS) is 10.4. The Morgan fingerprint density at radius 1 is 1.38 bits per heavy atom. The van der Waals surface area contributed by atoms with Crippen LogP contribution in [0.3, 0.4) is 0 Å². The molecule has 0 heterocycles. The Labute approximate surface area is 91.0 Å². The molecule has 86 valence electrons. The van der Waals surface area contributed by atoms with Crippen molar-refractivity contribution in [1.29, 1.82) is 0 Å². The van der Waals surface area contributed by atoms with Gasteiger partial charge in [0.15, 0.2) is 11.5 Å². The molecule has 0 atom stereocenters. The first-order chi connectivity index (χ1) is 7.63. The van der Waals surface area contributed by atoms with Crippen LogP contribution in [-0.2, 0) is 0 Å². The van der Waals surface area contributed by atoms with Gasteiger partial charge in [-0.25, -0.2) is 0 Å². The van der Waals surface area contributed by atoms with E-state index in [1.165, 1.54) is 26.4 Å². The molecule has 0 aliphatic rings. The van der Waals surface area contributed by atoms with Crippen LogP contribution in [0.25, 0.3) is 0 Å². The second-order valence-electron chi connectivity index (χ2n) is 2.77. The number of benzene rings is 1. The van der Waals surface area contributed by atoms with Gasteiger partial charge in [0.2, 0.25) is 0 Å². The zero-order valence-corrected chi connectivity index (χ0v) is 8.71. The third-order valence-corrected chi connectivity index (χ3v) is 1.93. The first-order valence-corrected chi connectivity index (χ1v) is 4.22. The van der Waals surface area contributed by atoms with E-state index in [4.69, 9.17) is 14.7 Å². The summed E-state index contributed by atoms with van der Waals surface area (Å²) in [6.07, 6.45) is 0.958. The molecule has 0 saturated heterocycles. The molecule has 1 aromatic rings. The van der Waals surface area contributed by atoms with Crippen LogP contribution in [0.5, 0.6) is 11.5 Å². The second kappa shape index (κ2) is 4.96. The van der Waals surface area contributed by atoms with Crippen molar-refractivity contribution in [3.63, 3.8) is 0 Å². The minimum Gasteiger partial charge on any atom is -0.493 e. The molecule has 7 heteroatoms. The molecule has 0 aromatic heterocycles. The minimum atomic E-state index is -0.598. The van der Waals surface area contributed by atoms with Crippen molar-refractivity contribution in [2.24, 2.45) is 5.16 Å². The topological polar surface area (TPSA) is 94.2 Å². The van der Waals surface area contributed by atoms with Crippen molar-refractivity contribution in [3.8, 4) is 11.5 Å². The highest BCUT2D eigenvalue weighted by molar-refractivity contribution is 5.86. The number of hydrogen-bond acceptors (Lipinski definition) is 6. The number of methoxy groups -OCH3 is 2. The van der Waals surface area contributed by atoms with Crippen LogP contribution in [0.15, 0.2) is 17.3 Å². The standard InChI is InChI=1S/C9H10N2O5/c1-15-8-3-6(5-10-12)7(11(13)14)4-9(8)16-2/h3-5,12H,1-2H3/b10-5+. The van der Waals surface area contributed by atoms with Gasteiger partial charge in [0.05, 0.1) is 37.0 Å². The van der Waals surface area contributed by atoms with Crippen LogP contribution in [0, 0.1) is 10.1 Å². The molecule has 7 nitrogen and oxygen atoms in total. The Morgan fingerprint density at radius 2 is 1.94 bits per heavy atom. The number of oxime groups is 1. The van der Waals surface area contributed by atoms with Crippen LogP contribution in [0.2, 0.25) is 0 Å². The molecule has 0 spiro atoms. The fraction of sp³-hybridized carbons (Fsp3) is 0.222. The minimum absolute atomic E-state index is 0.130. The molecule has 1 rings (SSSR count). The molecular formula is C9H10N2O5. The van der Waals surface area contributed by atoms with Crippen molar-refractivity contribution in [3.05, 3.63) is 27.8 Å². The maximum Gasteiger partial charge on any atom is 0.282 e. The van der Waals surface area contributed by atoms with E-state index >= 15 is 0 Å². The van der Waals surface area contributed by atoms with Crippen LogP contribution in [0.1, 0.15) is 5.56 Å². The largest absolute Gasteiger partial charge is 0.493 e. The lowest BCUT2D eigenvalue weighted by Crippen LogP contribution is -1.98. The van der Waals surface area contributed by atoms with E-state index in [-0.39, 0.29) is 17.0 Å². The van der Waals surface area contributed by atoms with Gasteiger partial charge < -0.3 is 14.7 Å². The quantitative estimate of drug-likeness (QED) is 0.362. The van der Waals surface area contributed by atoms with Crippen molar-refractivity contribution in [1.82, 2.24) is 0 Å². The molecule has 0 fully saturated rings. The van der Waals surface area contributed by atoms with Gasteiger partial charge in [-0.3, -0.25) is 10.1 Å². The third kappa shape index (κ3) is 2.19. The lowest BCUT2D eigenvalue weighted by atomic mass is 10.1. The first-order valence-electron chi connectivity index (χ1n) is 4.22. The molecule has 0 unspecified atom stereocenters. The van der Waals surface area contributed by atoms with E-state index in [2.05, 4.69) is 5.16 Å². The van der Waals surface area contributed by atoms with Gasteiger partial charge in [-0.2, -0.15) is 0 Å². The molecule has 0 amide bonds. The summed E-state index contributed by atoms with van der Waals surface area (Å²) >= 11 is 0. The first kappa shape index (κ1) is 11.8. The highest BCUT2D eigenvalue weighted by atomic mass is 16.6. The highest BCUT2D eigenvalue weighted by Crippen LogP contribution is 2.33. The highest BCUT2D eigenvalue weighted by Gasteiger charge is 2.18. The molecule has 1 aromatic carbocycles. The van der Waals surface area contributed by atoms with Gasteiger partial charge in [0.25, 0.3) is 5.69 Å². The van der Waals surface area contributed by atoms with E-state index < -0.39 is 4.92 Å². The summed E-state index contributed by atoms with van der Waals surface area (Å²) in [5, 5.41) is 21.9.